The van der Waals surface area contributed by atoms with Crippen LogP contribution in [0.2, 0.25) is 0 Å². The zero-order valence-electron chi connectivity index (χ0n) is 41.7. The zero-order valence-corrected chi connectivity index (χ0v) is 41.7. The van der Waals surface area contributed by atoms with E-state index >= 15 is 0 Å². The van der Waals surface area contributed by atoms with Crippen molar-refractivity contribution in [2.45, 2.75) is 58.3 Å². The van der Waals surface area contributed by atoms with Gasteiger partial charge in [-0.1, -0.05) is 142 Å². The maximum absolute atomic E-state index is 6.34. The van der Waals surface area contributed by atoms with Gasteiger partial charge in [-0.25, -0.2) is 20.0 Å². The Morgan fingerprint density at radius 2 is 0.849 bits per heavy atom. The number of allylic oxidation sites excluding steroid dienone is 18. The quantitative estimate of drug-likeness (QED) is 0.104. The average Bonchev–Trinajstić information content (AvgIpc) is 4.31. The normalized spacial score (nSPS) is 17.5. The molecule has 0 spiro atoms. The average molecular weight is 955 g/mol. The maximum atomic E-state index is 6.34. The van der Waals surface area contributed by atoms with Gasteiger partial charge in [-0.3, -0.25) is 0 Å². The Morgan fingerprint density at radius 1 is 0.397 bits per heavy atom. The first-order valence-electron chi connectivity index (χ1n) is 26.2. The summed E-state index contributed by atoms with van der Waals surface area (Å²) in [5, 5.41) is 0. The van der Waals surface area contributed by atoms with E-state index in [1.54, 1.807) is 0 Å². The lowest BCUT2D eigenvalue weighted by Crippen LogP contribution is -2.71. The molecule has 0 saturated carbocycles. The van der Waals surface area contributed by atoms with Crippen LogP contribution in [-0.4, -0.2) is 52.3 Å². The number of fused-ring (bicyclic) bond motifs is 4. The SMILES string of the molecule is CCCCN1C=CC(=C2C=CN(CCCCCCCCOc3ccc(C4=C5C=CC(=N5)C(c5ccccc5)=C5C=CC(=[NH+]5)C(c5ccccc5)=C5C=CC(=[NH+]5)C(c5ccccc5)=C5C=CC4=N5)cc3)C=C2)C=C1. The maximum Gasteiger partial charge on any atom is 0.218 e. The molecule has 11 rings (SSSR count). The first-order valence-corrected chi connectivity index (χ1v) is 26.2. The van der Waals surface area contributed by atoms with Crippen molar-refractivity contribution in [1.29, 1.82) is 0 Å². The molecule has 0 aromatic heterocycles. The summed E-state index contributed by atoms with van der Waals surface area (Å²) in [7, 11) is 0. The van der Waals surface area contributed by atoms with E-state index in [9.17, 15) is 0 Å². The van der Waals surface area contributed by atoms with Crippen molar-refractivity contribution in [3.63, 3.8) is 0 Å². The van der Waals surface area contributed by atoms with Crippen LogP contribution in [-0.2, 0) is 0 Å². The fourth-order valence-corrected chi connectivity index (χ4v) is 10.2. The van der Waals surface area contributed by atoms with Crippen LogP contribution in [0.4, 0.5) is 0 Å². The first-order chi connectivity index (χ1) is 36.1. The third kappa shape index (κ3) is 10.8. The molecule has 2 N–H and O–H groups in total. The van der Waals surface area contributed by atoms with Crippen molar-refractivity contribution in [3.05, 3.63) is 269 Å². The number of aliphatic imine (C=N–C) groups is 2. The van der Waals surface area contributed by atoms with Gasteiger partial charge in [-0.15, -0.1) is 0 Å². The molecule has 7 aliphatic rings. The van der Waals surface area contributed by atoms with E-state index in [4.69, 9.17) is 14.7 Å². The Morgan fingerprint density at radius 3 is 1.42 bits per heavy atom. The summed E-state index contributed by atoms with van der Waals surface area (Å²) in [6.07, 6.45) is 44.6. The highest BCUT2D eigenvalue weighted by molar-refractivity contribution is 6.37. The lowest BCUT2D eigenvalue weighted by atomic mass is 9.98. The second kappa shape index (κ2) is 22.3. The van der Waals surface area contributed by atoms with Gasteiger partial charge < -0.3 is 14.5 Å². The van der Waals surface area contributed by atoms with Gasteiger partial charge in [0.05, 0.1) is 40.6 Å². The van der Waals surface area contributed by atoms with Gasteiger partial charge in [0.2, 0.25) is 22.8 Å². The molecule has 0 fully saturated rings. The largest absolute Gasteiger partial charge is 0.494 e. The highest BCUT2D eigenvalue weighted by atomic mass is 16.5. The summed E-state index contributed by atoms with van der Waals surface area (Å²) >= 11 is 0. The molecule has 0 atom stereocenters. The second-order valence-electron chi connectivity index (χ2n) is 19.1. The number of ether oxygens (including phenoxy) is 1. The van der Waals surface area contributed by atoms with E-state index in [0.29, 0.717) is 6.61 Å². The third-order valence-electron chi connectivity index (χ3n) is 14.0. The van der Waals surface area contributed by atoms with Crippen LogP contribution in [0.3, 0.4) is 0 Å². The van der Waals surface area contributed by atoms with Crippen molar-refractivity contribution in [2.75, 3.05) is 19.7 Å². The second-order valence-corrected chi connectivity index (χ2v) is 19.1. The Bertz CT molecular complexity index is 3230. The van der Waals surface area contributed by atoms with E-state index in [2.05, 4.69) is 240 Å². The van der Waals surface area contributed by atoms with Crippen molar-refractivity contribution in [1.82, 2.24) is 9.80 Å². The van der Waals surface area contributed by atoms with Crippen LogP contribution < -0.4 is 14.7 Å². The van der Waals surface area contributed by atoms with E-state index in [0.717, 1.165) is 122 Å². The van der Waals surface area contributed by atoms with Crippen LogP contribution in [0.25, 0.3) is 22.3 Å². The fourth-order valence-electron chi connectivity index (χ4n) is 10.2. The Hall–Kier alpha value is -8.42. The third-order valence-corrected chi connectivity index (χ3v) is 14.0. The molecule has 8 bridgehead atoms. The van der Waals surface area contributed by atoms with Gasteiger partial charge >= 0.3 is 0 Å². The van der Waals surface area contributed by atoms with Gasteiger partial charge in [0.1, 0.15) is 11.3 Å². The molecule has 0 amide bonds. The van der Waals surface area contributed by atoms with E-state index in [1.807, 2.05) is 0 Å². The summed E-state index contributed by atoms with van der Waals surface area (Å²) in [6.45, 7) is 5.06. The highest BCUT2D eigenvalue weighted by Gasteiger charge is 2.33. The predicted molar refractivity (Wildman–Crippen MR) is 302 cm³/mol. The molecule has 4 aromatic rings. The van der Waals surface area contributed by atoms with Crippen LogP contribution in [0, 0.1) is 0 Å². The molecule has 7 aliphatic heterocycles. The Balaban J connectivity index is 0.794. The molecule has 0 unspecified atom stereocenters. The minimum atomic E-state index is 0.696. The molecular formula is C66H62N6O+2. The summed E-state index contributed by atoms with van der Waals surface area (Å²) in [4.78, 5) is 23.2. The van der Waals surface area contributed by atoms with Gasteiger partial charge in [0.25, 0.3) is 0 Å². The minimum absolute atomic E-state index is 0.696. The number of hydrogen-bond acceptors (Lipinski definition) is 5. The minimum Gasteiger partial charge on any atom is -0.494 e. The molecule has 4 aromatic carbocycles. The van der Waals surface area contributed by atoms with E-state index in [1.165, 1.54) is 49.7 Å². The fraction of sp³-hybridized carbons (Fsp3) is 0.182. The monoisotopic (exact) mass is 954 g/mol. The van der Waals surface area contributed by atoms with Gasteiger partial charge in [0, 0.05) is 67.8 Å². The molecule has 7 heteroatoms. The smallest absolute Gasteiger partial charge is 0.218 e. The van der Waals surface area contributed by atoms with Crippen LogP contribution in [0.1, 0.15) is 80.5 Å². The molecule has 0 saturated heterocycles. The van der Waals surface area contributed by atoms with Crippen LogP contribution >= 0.6 is 0 Å². The number of unbranched alkanes of at least 4 members (excludes halogenated alkanes) is 6. The molecule has 360 valence electrons. The van der Waals surface area contributed by atoms with Crippen molar-refractivity contribution >= 4 is 45.1 Å². The van der Waals surface area contributed by atoms with Gasteiger partial charge in [-0.2, -0.15) is 0 Å². The predicted octanol–water partition coefficient (Wildman–Crippen LogP) is 11.4. The summed E-state index contributed by atoms with van der Waals surface area (Å²) in [5.74, 6) is 0.868. The van der Waals surface area contributed by atoms with Crippen molar-refractivity contribution < 1.29 is 14.7 Å². The highest BCUT2D eigenvalue weighted by Crippen LogP contribution is 2.35. The summed E-state index contributed by atoms with van der Waals surface area (Å²) in [6, 6.07) is 40.2. The zero-order chi connectivity index (χ0) is 49.2. The lowest BCUT2D eigenvalue weighted by molar-refractivity contribution is -0.388. The van der Waals surface area contributed by atoms with E-state index < -0.39 is 0 Å². The molecule has 7 heterocycles. The number of nitrogens with one attached hydrogen (secondary N) is 2. The molecule has 0 aliphatic carbocycles. The number of nitrogens with zero attached hydrogens (tertiary/aromatic N) is 4. The van der Waals surface area contributed by atoms with Gasteiger partial charge in [0.15, 0.2) is 0 Å². The van der Waals surface area contributed by atoms with Crippen molar-refractivity contribution in [2.24, 2.45) is 9.98 Å². The molecule has 7 nitrogen and oxygen atoms in total. The number of hydrogen-bond donors (Lipinski definition) is 2. The number of rotatable bonds is 17. The first kappa shape index (κ1) is 46.9. The van der Waals surface area contributed by atoms with Gasteiger partial charge in [-0.05, 0) is 113 Å². The number of benzene rings is 4. The van der Waals surface area contributed by atoms with E-state index in [-0.39, 0.29) is 0 Å². The summed E-state index contributed by atoms with van der Waals surface area (Å²) in [5.41, 5.74) is 18.4. The molecule has 0 radical (unpaired) electrons. The van der Waals surface area contributed by atoms with Crippen LogP contribution in [0.5, 0.6) is 5.75 Å². The van der Waals surface area contributed by atoms with Crippen LogP contribution in [0.15, 0.2) is 257 Å². The Kier molecular flexibility index (Phi) is 14.4. The molecular weight excluding hydrogens is 893 g/mol. The topological polar surface area (TPSA) is 68.4 Å². The van der Waals surface area contributed by atoms with Crippen molar-refractivity contribution in [3.8, 4) is 5.75 Å². The lowest BCUT2D eigenvalue weighted by Gasteiger charge is -2.21. The summed E-state index contributed by atoms with van der Waals surface area (Å²) < 4.78 is 6.34. The Labute approximate surface area is 430 Å². The standard InChI is InChI=1S/C66H60N6O/c1-2-3-41-71-43-37-48(38-44-71)49-39-45-72(46-40-49)42-17-6-4-5-7-18-47-73-54-27-25-53(26-28-54)66-61-35-33-59(69-61)64(51-21-13-9-14-22-51)57-31-29-55(67-57)63(50-19-11-8-12-20-50)56-30-32-58(68-56)65(52-23-15-10-16-24-52)60-34-36-62(66)70-60/h8-16,19-40,43-46H,2-7,17-18,41-42,47H2,1H3/p+2. The molecule has 73 heavy (non-hydrogen) atoms.